The third-order valence-corrected chi connectivity index (χ3v) is 3.13. The molecule has 0 saturated carbocycles. The number of nitrogens with zero attached hydrogens (tertiary/aromatic N) is 2. The molecule has 1 aromatic heterocycles. The molecule has 4 nitrogen and oxygen atoms in total. The number of hydrogen-bond donors (Lipinski definition) is 1. The van der Waals surface area contributed by atoms with Gasteiger partial charge in [0.1, 0.15) is 5.82 Å². The summed E-state index contributed by atoms with van der Waals surface area (Å²) in [6.45, 7) is 3.88. The predicted octanol–water partition coefficient (Wildman–Crippen LogP) is 1.83. The number of aromatic nitrogens is 1. The lowest BCUT2D eigenvalue weighted by Crippen LogP contribution is -2.18. The van der Waals surface area contributed by atoms with E-state index in [2.05, 4.69) is 16.4 Å². The third kappa shape index (κ3) is 4.96. The van der Waals surface area contributed by atoms with Crippen molar-refractivity contribution < 1.29 is 4.21 Å². The second-order valence-corrected chi connectivity index (χ2v) is 5.66. The topological polar surface area (TPSA) is 65.8 Å². The molecule has 0 aliphatic rings. The Labute approximate surface area is 105 Å². The van der Waals surface area contributed by atoms with E-state index in [1.54, 1.807) is 18.4 Å². The number of anilines is 1. The molecule has 0 bridgehead atoms. The van der Waals surface area contributed by atoms with Crippen molar-refractivity contribution in [3.8, 4) is 6.07 Å². The highest BCUT2D eigenvalue weighted by Gasteiger charge is 2.05. The minimum atomic E-state index is -0.767. The van der Waals surface area contributed by atoms with Gasteiger partial charge in [-0.05, 0) is 32.4 Å². The molecule has 0 aliphatic carbocycles. The molecular weight excluding hydrogens is 234 g/mol. The van der Waals surface area contributed by atoms with Gasteiger partial charge in [0.2, 0.25) is 0 Å². The molecule has 92 valence electrons. The summed E-state index contributed by atoms with van der Waals surface area (Å²) in [6.07, 6.45) is 2.52. The van der Waals surface area contributed by atoms with E-state index in [0.29, 0.717) is 17.1 Å². The van der Waals surface area contributed by atoms with Crippen molar-refractivity contribution in [1.82, 2.24) is 4.98 Å². The minimum Gasteiger partial charge on any atom is -0.368 e. The van der Waals surface area contributed by atoms with Crippen LogP contribution >= 0.6 is 0 Å². The molecule has 2 unspecified atom stereocenters. The summed E-state index contributed by atoms with van der Waals surface area (Å²) in [4.78, 5) is 4.31. The lowest BCUT2D eigenvalue weighted by molar-refractivity contribution is 0.678. The molecule has 0 aromatic carbocycles. The van der Waals surface area contributed by atoms with E-state index in [-0.39, 0.29) is 6.04 Å². The fourth-order valence-electron chi connectivity index (χ4n) is 1.47. The fourth-order valence-corrected chi connectivity index (χ4v) is 2.16. The average molecular weight is 251 g/mol. The van der Waals surface area contributed by atoms with Crippen molar-refractivity contribution in [1.29, 1.82) is 5.26 Å². The number of rotatable bonds is 5. The molecule has 0 amide bonds. The Morgan fingerprint density at radius 2 is 2.29 bits per heavy atom. The molecule has 2 atom stereocenters. The van der Waals surface area contributed by atoms with Crippen LogP contribution in [0.5, 0.6) is 0 Å². The van der Waals surface area contributed by atoms with Crippen molar-refractivity contribution in [3.05, 3.63) is 23.4 Å². The first-order chi connectivity index (χ1) is 8.01. The molecule has 1 N–H and O–H groups in total. The normalized spacial score (nSPS) is 13.8. The van der Waals surface area contributed by atoms with E-state index >= 15 is 0 Å². The Hall–Kier alpha value is -1.41. The largest absolute Gasteiger partial charge is 0.368 e. The van der Waals surface area contributed by atoms with Gasteiger partial charge in [-0.3, -0.25) is 4.21 Å². The highest BCUT2D eigenvalue weighted by atomic mass is 32.2. The molecule has 1 aromatic rings. The maximum Gasteiger partial charge on any atom is 0.127 e. The molecule has 1 rings (SSSR count). The highest BCUT2D eigenvalue weighted by molar-refractivity contribution is 7.84. The van der Waals surface area contributed by atoms with Gasteiger partial charge < -0.3 is 5.32 Å². The number of aryl methyl sites for hydroxylation is 1. The van der Waals surface area contributed by atoms with Crippen molar-refractivity contribution >= 4 is 16.6 Å². The van der Waals surface area contributed by atoms with Gasteiger partial charge in [-0.2, -0.15) is 5.26 Å². The van der Waals surface area contributed by atoms with E-state index in [4.69, 9.17) is 5.26 Å². The molecule has 5 heteroatoms. The van der Waals surface area contributed by atoms with Gasteiger partial charge in [0.05, 0.1) is 11.6 Å². The second-order valence-electron chi connectivity index (χ2n) is 4.11. The van der Waals surface area contributed by atoms with Crippen LogP contribution in [-0.4, -0.2) is 27.2 Å². The standard InChI is InChI=1S/C12H17N3OS/c1-9(4-5-17(3)16)14-12-7-11(8-13)6-10(2)15-12/h6-7,9H,4-5H2,1-3H3,(H,14,15). The molecule has 0 aliphatic heterocycles. The highest BCUT2D eigenvalue weighted by Crippen LogP contribution is 2.11. The van der Waals surface area contributed by atoms with Crippen LogP contribution in [0, 0.1) is 18.3 Å². The van der Waals surface area contributed by atoms with E-state index in [1.165, 1.54) is 0 Å². The van der Waals surface area contributed by atoms with Crippen molar-refractivity contribution in [2.24, 2.45) is 0 Å². The van der Waals surface area contributed by atoms with Gasteiger partial charge >= 0.3 is 0 Å². The van der Waals surface area contributed by atoms with Gasteiger partial charge in [-0.15, -0.1) is 0 Å². The second kappa shape index (κ2) is 6.36. The van der Waals surface area contributed by atoms with Crippen LogP contribution in [0.15, 0.2) is 12.1 Å². The molecule has 0 fully saturated rings. The van der Waals surface area contributed by atoms with Crippen LogP contribution < -0.4 is 5.32 Å². The summed E-state index contributed by atoms with van der Waals surface area (Å²) in [5, 5.41) is 12.1. The predicted molar refractivity (Wildman–Crippen MR) is 70.3 cm³/mol. The molecule has 1 heterocycles. The van der Waals surface area contributed by atoms with Crippen LogP contribution in [0.2, 0.25) is 0 Å². The smallest absolute Gasteiger partial charge is 0.127 e. The Balaban J connectivity index is 2.65. The van der Waals surface area contributed by atoms with Crippen molar-refractivity contribution in [3.63, 3.8) is 0 Å². The summed E-state index contributed by atoms with van der Waals surface area (Å²) in [5.74, 6) is 1.38. The van der Waals surface area contributed by atoms with Crippen LogP contribution in [0.4, 0.5) is 5.82 Å². The summed E-state index contributed by atoms with van der Waals surface area (Å²) in [5.41, 5.74) is 1.42. The maximum atomic E-state index is 11.0. The third-order valence-electron chi connectivity index (χ3n) is 2.32. The van der Waals surface area contributed by atoms with Crippen LogP contribution in [-0.2, 0) is 10.8 Å². The van der Waals surface area contributed by atoms with Crippen molar-refractivity contribution in [2.75, 3.05) is 17.3 Å². The zero-order chi connectivity index (χ0) is 12.8. The van der Waals surface area contributed by atoms with Crippen LogP contribution in [0.25, 0.3) is 0 Å². The number of hydrogen-bond acceptors (Lipinski definition) is 4. The maximum absolute atomic E-state index is 11.0. The van der Waals surface area contributed by atoms with Crippen molar-refractivity contribution in [2.45, 2.75) is 26.3 Å². The molecule has 17 heavy (non-hydrogen) atoms. The van der Waals surface area contributed by atoms with Crippen LogP contribution in [0.1, 0.15) is 24.6 Å². The summed E-state index contributed by atoms with van der Waals surface area (Å²) in [6, 6.07) is 5.77. The van der Waals surface area contributed by atoms with Gasteiger partial charge in [0.15, 0.2) is 0 Å². The quantitative estimate of drug-likeness (QED) is 0.867. The summed E-state index contributed by atoms with van der Waals surface area (Å²) in [7, 11) is -0.767. The zero-order valence-electron chi connectivity index (χ0n) is 10.4. The van der Waals surface area contributed by atoms with Crippen LogP contribution in [0.3, 0.4) is 0 Å². The summed E-state index contributed by atoms with van der Waals surface area (Å²) >= 11 is 0. The van der Waals surface area contributed by atoms with E-state index in [0.717, 1.165) is 12.1 Å². The lowest BCUT2D eigenvalue weighted by Gasteiger charge is -2.14. The molecule has 0 saturated heterocycles. The zero-order valence-corrected chi connectivity index (χ0v) is 11.2. The fraction of sp³-hybridized carbons (Fsp3) is 0.500. The Morgan fingerprint density at radius 3 is 2.88 bits per heavy atom. The first-order valence-corrected chi connectivity index (χ1v) is 7.19. The van der Waals surface area contributed by atoms with E-state index in [1.807, 2.05) is 13.8 Å². The van der Waals surface area contributed by atoms with E-state index in [9.17, 15) is 4.21 Å². The molecule has 0 radical (unpaired) electrons. The first-order valence-electron chi connectivity index (χ1n) is 5.46. The van der Waals surface area contributed by atoms with Gasteiger partial charge in [-0.25, -0.2) is 4.98 Å². The van der Waals surface area contributed by atoms with Gasteiger partial charge in [0.25, 0.3) is 0 Å². The number of nitrogens with one attached hydrogen (secondary N) is 1. The Kier molecular flexibility index (Phi) is 5.11. The SMILES string of the molecule is Cc1cc(C#N)cc(NC(C)CCS(C)=O)n1. The monoisotopic (exact) mass is 251 g/mol. The minimum absolute atomic E-state index is 0.194. The molecular formula is C12H17N3OS. The average Bonchev–Trinajstić information content (AvgIpc) is 2.25. The van der Waals surface area contributed by atoms with E-state index < -0.39 is 10.8 Å². The Morgan fingerprint density at radius 1 is 1.59 bits per heavy atom. The lowest BCUT2D eigenvalue weighted by atomic mass is 10.2. The first kappa shape index (κ1) is 13.7. The molecule has 0 spiro atoms. The van der Waals surface area contributed by atoms with Gasteiger partial charge in [0, 0.05) is 34.5 Å². The summed E-state index contributed by atoms with van der Waals surface area (Å²) < 4.78 is 11.0. The number of nitriles is 1. The Bertz CT molecular complexity index is 454. The number of pyridine rings is 1. The van der Waals surface area contributed by atoms with Gasteiger partial charge in [-0.1, -0.05) is 0 Å².